The van der Waals surface area contributed by atoms with Crippen LogP contribution in [0.3, 0.4) is 0 Å². The lowest BCUT2D eigenvalue weighted by Crippen LogP contribution is -2.32. The van der Waals surface area contributed by atoms with Crippen molar-refractivity contribution in [2.75, 3.05) is 4.90 Å². The normalized spacial score (nSPS) is 11.2. The second-order valence-electron chi connectivity index (χ2n) is 4.47. The van der Waals surface area contributed by atoms with Crippen molar-refractivity contribution in [3.8, 4) is 0 Å². The fraction of sp³-hybridized carbons (Fsp3) is 0.308. The molecule has 0 saturated heterocycles. The number of hydrogen-bond acceptors (Lipinski definition) is 3. The summed E-state index contributed by atoms with van der Waals surface area (Å²) >= 11 is 1.39. The molecule has 2 aromatic rings. The number of rotatable bonds is 4. The van der Waals surface area contributed by atoms with E-state index in [1.807, 2.05) is 5.38 Å². The molecule has 0 fully saturated rings. The minimum Gasteiger partial charge on any atom is -0.359 e. The summed E-state index contributed by atoms with van der Waals surface area (Å²) in [6.07, 6.45) is 0. The van der Waals surface area contributed by atoms with Gasteiger partial charge in [0.15, 0.2) is 0 Å². The van der Waals surface area contributed by atoms with E-state index in [0.29, 0.717) is 0 Å². The number of aromatic nitrogens is 1. The van der Waals surface area contributed by atoms with Crippen LogP contribution in [0.15, 0.2) is 17.5 Å². The van der Waals surface area contributed by atoms with Crippen LogP contribution in [-0.4, -0.2) is 11.0 Å². The van der Waals surface area contributed by atoms with E-state index in [-0.39, 0.29) is 12.6 Å². The zero-order valence-corrected chi connectivity index (χ0v) is 11.6. The lowest BCUT2D eigenvalue weighted by Gasteiger charge is -2.29. The molecule has 2 nitrogen and oxygen atoms in total. The van der Waals surface area contributed by atoms with Crippen LogP contribution in [0.1, 0.15) is 18.7 Å². The van der Waals surface area contributed by atoms with Crippen molar-refractivity contribution in [1.82, 2.24) is 4.98 Å². The van der Waals surface area contributed by atoms with Crippen molar-refractivity contribution in [3.63, 3.8) is 0 Å². The van der Waals surface area contributed by atoms with Crippen molar-refractivity contribution < 1.29 is 17.6 Å². The van der Waals surface area contributed by atoms with Gasteiger partial charge in [-0.2, -0.15) is 22.5 Å². The summed E-state index contributed by atoms with van der Waals surface area (Å²) in [6.45, 7) is 3.53. The molecule has 0 unspecified atom stereocenters. The Hall–Kier alpha value is -1.63. The predicted octanol–water partition coefficient (Wildman–Crippen LogP) is 4.11. The van der Waals surface area contributed by atoms with Crippen LogP contribution in [0.2, 0.25) is 0 Å². The molecule has 0 aromatic carbocycles. The number of hydrogen-bond donors (Lipinski definition) is 0. The molecule has 0 radical (unpaired) electrons. The molecule has 0 bridgehead atoms. The lowest BCUT2D eigenvalue weighted by molar-refractivity contribution is 0.403. The summed E-state index contributed by atoms with van der Waals surface area (Å²) in [5.74, 6) is -6.24. The first kappa shape index (κ1) is 14.8. The highest BCUT2D eigenvalue weighted by atomic mass is 32.1. The van der Waals surface area contributed by atoms with E-state index in [1.54, 1.807) is 26.0 Å². The molecule has 0 saturated carbocycles. The van der Waals surface area contributed by atoms with Crippen LogP contribution in [0.4, 0.5) is 23.2 Å². The van der Waals surface area contributed by atoms with Crippen molar-refractivity contribution in [1.29, 1.82) is 0 Å². The SMILES string of the molecule is CC(C)N(Cc1cccs1)c1c(F)c(F)nc(F)c1F. The number of pyridine rings is 1. The van der Waals surface area contributed by atoms with Crippen LogP contribution in [0.5, 0.6) is 0 Å². The molecule has 0 aliphatic rings. The summed E-state index contributed by atoms with van der Waals surface area (Å²) in [5, 5.41) is 1.81. The van der Waals surface area contributed by atoms with Crippen LogP contribution in [0, 0.1) is 23.5 Å². The molecule has 0 aliphatic carbocycles. The average Bonchev–Trinajstić information content (AvgIpc) is 2.88. The largest absolute Gasteiger partial charge is 0.359 e. The molecule has 2 aromatic heterocycles. The van der Waals surface area contributed by atoms with E-state index in [9.17, 15) is 17.6 Å². The molecule has 2 heterocycles. The predicted molar refractivity (Wildman–Crippen MR) is 69.7 cm³/mol. The Labute approximate surface area is 117 Å². The van der Waals surface area contributed by atoms with Crippen molar-refractivity contribution >= 4 is 17.0 Å². The Bertz CT molecular complexity index is 573. The Balaban J connectivity index is 2.49. The molecule has 0 spiro atoms. The van der Waals surface area contributed by atoms with Crippen molar-refractivity contribution in [2.24, 2.45) is 0 Å². The van der Waals surface area contributed by atoms with Crippen LogP contribution in [-0.2, 0) is 6.54 Å². The highest BCUT2D eigenvalue weighted by Crippen LogP contribution is 2.29. The van der Waals surface area contributed by atoms with Gasteiger partial charge in [0.1, 0.15) is 5.69 Å². The number of nitrogens with zero attached hydrogens (tertiary/aromatic N) is 2. The van der Waals surface area contributed by atoms with Gasteiger partial charge in [-0.05, 0) is 25.3 Å². The van der Waals surface area contributed by atoms with Gasteiger partial charge in [0.05, 0.1) is 6.54 Å². The summed E-state index contributed by atoms with van der Waals surface area (Å²) in [6, 6.07) is 3.23. The third kappa shape index (κ3) is 2.77. The average molecular weight is 304 g/mol. The summed E-state index contributed by atoms with van der Waals surface area (Å²) < 4.78 is 54.0. The zero-order valence-electron chi connectivity index (χ0n) is 10.8. The van der Waals surface area contributed by atoms with Crippen LogP contribution < -0.4 is 4.90 Å². The highest BCUT2D eigenvalue weighted by molar-refractivity contribution is 7.09. The summed E-state index contributed by atoms with van der Waals surface area (Å²) in [5.41, 5.74) is -0.724. The minimum atomic E-state index is -1.64. The van der Waals surface area contributed by atoms with Crippen molar-refractivity contribution in [3.05, 3.63) is 45.9 Å². The Morgan fingerprint density at radius 3 is 2.20 bits per heavy atom. The fourth-order valence-corrected chi connectivity index (χ4v) is 2.52. The smallest absolute Gasteiger partial charge is 0.253 e. The Morgan fingerprint density at radius 2 is 1.75 bits per heavy atom. The van der Waals surface area contributed by atoms with Gasteiger partial charge in [-0.3, -0.25) is 0 Å². The molecule has 0 N–H and O–H groups in total. The van der Waals surface area contributed by atoms with Crippen molar-refractivity contribution in [2.45, 2.75) is 26.4 Å². The topological polar surface area (TPSA) is 16.1 Å². The number of thiophene rings is 1. The molecule has 0 amide bonds. The summed E-state index contributed by atoms with van der Waals surface area (Å²) in [7, 11) is 0. The molecule has 108 valence electrons. The van der Waals surface area contributed by atoms with Gasteiger partial charge in [-0.15, -0.1) is 11.3 Å². The number of halogens is 4. The number of anilines is 1. The Kier molecular flexibility index (Phi) is 4.27. The van der Waals surface area contributed by atoms with Gasteiger partial charge < -0.3 is 4.90 Å². The molecule has 2 rings (SSSR count). The van der Waals surface area contributed by atoms with Gasteiger partial charge in [-0.25, -0.2) is 0 Å². The molecular formula is C13H12F4N2S. The van der Waals surface area contributed by atoms with Gasteiger partial charge in [0, 0.05) is 10.9 Å². The third-order valence-corrected chi connectivity index (χ3v) is 3.65. The quantitative estimate of drug-likeness (QED) is 0.624. The van der Waals surface area contributed by atoms with Gasteiger partial charge in [0.2, 0.25) is 11.6 Å². The molecule has 0 aliphatic heterocycles. The monoisotopic (exact) mass is 304 g/mol. The highest BCUT2D eigenvalue weighted by Gasteiger charge is 2.27. The second kappa shape index (κ2) is 5.78. The van der Waals surface area contributed by atoms with Gasteiger partial charge in [0.25, 0.3) is 11.9 Å². The van der Waals surface area contributed by atoms with E-state index in [4.69, 9.17) is 0 Å². The second-order valence-corrected chi connectivity index (χ2v) is 5.50. The summed E-state index contributed by atoms with van der Waals surface area (Å²) in [4.78, 5) is 4.66. The third-order valence-electron chi connectivity index (χ3n) is 2.79. The first-order chi connectivity index (χ1) is 9.41. The molecular weight excluding hydrogens is 292 g/mol. The molecule has 20 heavy (non-hydrogen) atoms. The zero-order chi connectivity index (χ0) is 14.9. The van der Waals surface area contributed by atoms with E-state index in [2.05, 4.69) is 4.98 Å². The molecule has 7 heteroatoms. The Morgan fingerprint density at radius 1 is 1.15 bits per heavy atom. The van der Waals surface area contributed by atoms with Crippen LogP contribution >= 0.6 is 11.3 Å². The lowest BCUT2D eigenvalue weighted by atomic mass is 10.2. The maximum absolute atomic E-state index is 13.8. The van der Waals surface area contributed by atoms with E-state index < -0.39 is 29.2 Å². The van der Waals surface area contributed by atoms with Gasteiger partial charge in [-0.1, -0.05) is 6.07 Å². The maximum Gasteiger partial charge on any atom is 0.253 e. The standard InChI is InChI=1S/C13H12F4N2S/c1-7(2)19(6-8-4-3-5-20-8)11-9(14)12(16)18-13(17)10(11)15/h3-5,7H,6H2,1-2H3. The van der Waals surface area contributed by atoms with Crippen LogP contribution in [0.25, 0.3) is 0 Å². The maximum atomic E-state index is 13.8. The van der Waals surface area contributed by atoms with Gasteiger partial charge >= 0.3 is 0 Å². The minimum absolute atomic E-state index is 0.159. The first-order valence-electron chi connectivity index (χ1n) is 5.90. The fourth-order valence-electron chi connectivity index (χ4n) is 1.82. The van der Waals surface area contributed by atoms with E-state index in [1.165, 1.54) is 16.2 Å². The molecule has 0 atom stereocenters. The van der Waals surface area contributed by atoms with E-state index >= 15 is 0 Å². The first-order valence-corrected chi connectivity index (χ1v) is 6.78. The van der Waals surface area contributed by atoms with E-state index in [0.717, 1.165) is 4.88 Å².